The third-order valence-electron chi connectivity index (χ3n) is 3.39. The normalized spacial score (nSPS) is 10.4. The number of hydrogen-bond donors (Lipinski definition) is 2. The Morgan fingerprint density at radius 3 is 2.55 bits per heavy atom. The third kappa shape index (κ3) is 4.04. The molecule has 0 aliphatic rings. The van der Waals surface area contributed by atoms with Crippen LogP contribution in [0.5, 0.6) is 0 Å². The predicted octanol–water partition coefficient (Wildman–Crippen LogP) is 3.29. The summed E-state index contributed by atoms with van der Waals surface area (Å²) in [4.78, 5) is 20.7. The highest BCUT2D eigenvalue weighted by Gasteiger charge is 2.10. The van der Waals surface area contributed by atoms with Crippen LogP contribution in [0.3, 0.4) is 0 Å². The van der Waals surface area contributed by atoms with Gasteiger partial charge in [0.05, 0.1) is 0 Å². The molecule has 0 atom stereocenters. The topological polar surface area (TPSA) is 66.9 Å². The maximum atomic E-state index is 12.0. The van der Waals surface area contributed by atoms with Crippen molar-refractivity contribution in [1.82, 2.24) is 15.3 Å². The van der Waals surface area contributed by atoms with Gasteiger partial charge in [-0.2, -0.15) is 0 Å². The zero-order chi connectivity index (χ0) is 16.1. The first-order chi connectivity index (χ1) is 10.5. The Balaban J connectivity index is 2.22. The second kappa shape index (κ2) is 7.02. The van der Waals surface area contributed by atoms with E-state index in [-0.39, 0.29) is 5.91 Å². The van der Waals surface area contributed by atoms with Crippen molar-refractivity contribution in [2.75, 3.05) is 11.9 Å². The molecule has 22 heavy (non-hydrogen) atoms. The molecule has 2 N–H and O–H groups in total. The summed E-state index contributed by atoms with van der Waals surface area (Å²) in [6, 6.07) is 7.75. The molecule has 116 valence electrons. The van der Waals surface area contributed by atoms with Crippen molar-refractivity contribution in [3.63, 3.8) is 0 Å². The van der Waals surface area contributed by atoms with Gasteiger partial charge in [-0.15, -0.1) is 0 Å². The number of anilines is 2. The maximum Gasteiger partial charge on any atom is 0.270 e. The number of rotatable bonds is 5. The van der Waals surface area contributed by atoms with Gasteiger partial charge in [-0.1, -0.05) is 13.0 Å². The van der Waals surface area contributed by atoms with Gasteiger partial charge < -0.3 is 10.6 Å². The number of carbonyl (C=O) groups excluding carboxylic acids is 1. The van der Waals surface area contributed by atoms with Crippen molar-refractivity contribution in [3.05, 3.63) is 46.8 Å². The number of carbonyl (C=O) groups is 1. The SMILES string of the molecule is CCCNC(=O)c1cc(C)nc(Nc2ccc(C)c(C)c2)n1. The molecule has 0 radical (unpaired) electrons. The van der Waals surface area contributed by atoms with Crippen molar-refractivity contribution in [1.29, 1.82) is 0 Å². The molecular formula is C17H22N4O. The Morgan fingerprint density at radius 1 is 1.09 bits per heavy atom. The fourth-order valence-electron chi connectivity index (χ4n) is 2.02. The van der Waals surface area contributed by atoms with E-state index in [1.54, 1.807) is 6.07 Å². The molecule has 2 rings (SSSR count). The lowest BCUT2D eigenvalue weighted by molar-refractivity contribution is 0.0948. The summed E-state index contributed by atoms with van der Waals surface area (Å²) in [5, 5.41) is 5.99. The van der Waals surface area contributed by atoms with Crippen LogP contribution in [0.1, 0.15) is 40.7 Å². The van der Waals surface area contributed by atoms with Crippen LogP contribution in [0, 0.1) is 20.8 Å². The van der Waals surface area contributed by atoms with E-state index in [1.165, 1.54) is 11.1 Å². The molecule has 0 bridgehead atoms. The molecule has 2 aromatic rings. The number of aryl methyl sites for hydroxylation is 3. The standard InChI is InChI=1S/C17H22N4O/c1-5-8-18-16(22)15-10-13(4)19-17(21-15)20-14-7-6-11(2)12(3)9-14/h6-7,9-10H,5,8H2,1-4H3,(H,18,22)(H,19,20,21). The zero-order valence-corrected chi connectivity index (χ0v) is 13.5. The Hall–Kier alpha value is -2.43. The highest BCUT2D eigenvalue weighted by atomic mass is 16.1. The van der Waals surface area contributed by atoms with Gasteiger partial charge in [0.25, 0.3) is 5.91 Å². The highest BCUT2D eigenvalue weighted by molar-refractivity contribution is 5.92. The molecule has 0 saturated heterocycles. The minimum atomic E-state index is -0.171. The largest absolute Gasteiger partial charge is 0.351 e. The summed E-state index contributed by atoms with van der Waals surface area (Å²) < 4.78 is 0. The van der Waals surface area contributed by atoms with Gasteiger partial charge in [-0.3, -0.25) is 4.79 Å². The van der Waals surface area contributed by atoms with E-state index in [2.05, 4.69) is 34.4 Å². The van der Waals surface area contributed by atoms with Crippen molar-refractivity contribution < 1.29 is 4.79 Å². The average molecular weight is 298 g/mol. The minimum Gasteiger partial charge on any atom is -0.351 e. The van der Waals surface area contributed by atoms with E-state index in [9.17, 15) is 4.79 Å². The highest BCUT2D eigenvalue weighted by Crippen LogP contribution is 2.17. The summed E-state index contributed by atoms with van der Waals surface area (Å²) in [5.74, 6) is 0.264. The van der Waals surface area contributed by atoms with Crippen LogP contribution < -0.4 is 10.6 Å². The summed E-state index contributed by atoms with van der Waals surface area (Å²) in [7, 11) is 0. The van der Waals surface area contributed by atoms with E-state index >= 15 is 0 Å². The van der Waals surface area contributed by atoms with Crippen LogP contribution in [-0.2, 0) is 0 Å². The lowest BCUT2D eigenvalue weighted by Crippen LogP contribution is -2.25. The van der Waals surface area contributed by atoms with Crippen LogP contribution >= 0.6 is 0 Å². The molecule has 0 fully saturated rings. The minimum absolute atomic E-state index is 0.171. The summed E-state index contributed by atoms with van der Waals surface area (Å²) in [5.41, 5.74) is 4.47. The molecule has 1 amide bonds. The Labute approximate surface area is 131 Å². The number of amides is 1. The lowest BCUT2D eigenvalue weighted by atomic mass is 10.1. The van der Waals surface area contributed by atoms with Crippen LogP contribution in [0.2, 0.25) is 0 Å². The first-order valence-corrected chi connectivity index (χ1v) is 7.47. The molecule has 0 spiro atoms. The Bertz CT molecular complexity index is 682. The maximum absolute atomic E-state index is 12.0. The van der Waals surface area contributed by atoms with Crippen LogP contribution in [0.15, 0.2) is 24.3 Å². The van der Waals surface area contributed by atoms with Crippen molar-refractivity contribution in [2.24, 2.45) is 0 Å². The third-order valence-corrected chi connectivity index (χ3v) is 3.39. The van der Waals surface area contributed by atoms with Crippen LogP contribution in [0.25, 0.3) is 0 Å². The van der Waals surface area contributed by atoms with Crippen LogP contribution in [-0.4, -0.2) is 22.4 Å². The monoisotopic (exact) mass is 298 g/mol. The summed E-state index contributed by atoms with van der Waals surface area (Å²) >= 11 is 0. The molecule has 0 saturated carbocycles. The second-order valence-electron chi connectivity index (χ2n) is 5.40. The van der Waals surface area contributed by atoms with E-state index in [0.29, 0.717) is 18.2 Å². The zero-order valence-electron chi connectivity index (χ0n) is 13.5. The van der Waals surface area contributed by atoms with Gasteiger partial charge >= 0.3 is 0 Å². The van der Waals surface area contributed by atoms with E-state index in [0.717, 1.165) is 17.8 Å². The number of benzene rings is 1. The Morgan fingerprint density at radius 2 is 1.86 bits per heavy atom. The van der Waals surface area contributed by atoms with Crippen molar-refractivity contribution >= 4 is 17.5 Å². The quantitative estimate of drug-likeness (QED) is 0.889. The molecule has 0 aliphatic carbocycles. The first kappa shape index (κ1) is 15.9. The van der Waals surface area contributed by atoms with Gasteiger partial charge in [0.2, 0.25) is 5.95 Å². The average Bonchev–Trinajstić information content (AvgIpc) is 2.48. The summed E-state index contributed by atoms with van der Waals surface area (Å²) in [6.07, 6.45) is 0.892. The molecule has 1 aromatic heterocycles. The van der Waals surface area contributed by atoms with Crippen LogP contribution in [0.4, 0.5) is 11.6 Å². The van der Waals surface area contributed by atoms with Crippen molar-refractivity contribution in [3.8, 4) is 0 Å². The van der Waals surface area contributed by atoms with Gasteiger partial charge in [0, 0.05) is 17.9 Å². The smallest absolute Gasteiger partial charge is 0.270 e. The lowest BCUT2D eigenvalue weighted by Gasteiger charge is -2.10. The fraction of sp³-hybridized carbons (Fsp3) is 0.353. The van der Waals surface area contributed by atoms with Gasteiger partial charge in [0.1, 0.15) is 5.69 Å². The second-order valence-corrected chi connectivity index (χ2v) is 5.40. The molecule has 1 aromatic carbocycles. The van der Waals surface area contributed by atoms with E-state index < -0.39 is 0 Å². The number of nitrogens with zero attached hydrogens (tertiary/aromatic N) is 2. The summed E-state index contributed by atoms with van der Waals surface area (Å²) in [6.45, 7) is 8.63. The molecule has 1 heterocycles. The molecule has 5 heteroatoms. The van der Waals surface area contributed by atoms with Gasteiger partial charge in [-0.25, -0.2) is 9.97 Å². The van der Waals surface area contributed by atoms with Gasteiger partial charge in [0.15, 0.2) is 0 Å². The predicted molar refractivity (Wildman–Crippen MR) is 88.6 cm³/mol. The molecule has 0 aliphatic heterocycles. The fourth-order valence-corrected chi connectivity index (χ4v) is 2.02. The van der Waals surface area contributed by atoms with E-state index in [4.69, 9.17) is 0 Å². The Kier molecular flexibility index (Phi) is 5.09. The van der Waals surface area contributed by atoms with Crippen molar-refractivity contribution in [2.45, 2.75) is 34.1 Å². The molecule has 0 unspecified atom stereocenters. The molecular weight excluding hydrogens is 276 g/mol. The van der Waals surface area contributed by atoms with Gasteiger partial charge in [-0.05, 0) is 56.5 Å². The number of hydrogen-bond acceptors (Lipinski definition) is 4. The number of nitrogens with one attached hydrogen (secondary N) is 2. The molecule has 5 nitrogen and oxygen atoms in total. The van der Waals surface area contributed by atoms with E-state index in [1.807, 2.05) is 32.0 Å². The first-order valence-electron chi connectivity index (χ1n) is 7.47. The number of aromatic nitrogens is 2.